The summed E-state index contributed by atoms with van der Waals surface area (Å²) in [4.78, 5) is 22.6. The lowest BCUT2D eigenvalue weighted by Crippen LogP contribution is -2.45. The third-order valence-corrected chi connectivity index (χ3v) is 5.36. The molecular formula is C16H22O3. The van der Waals surface area contributed by atoms with Gasteiger partial charge in [0.1, 0.15) is 0 Å². The van der Waals surface area contributed by atoms with Crippen molar-refractivity contribution in [1.82, 2.24) is 0 Å². The molecule has 0 heterocycles. The van der Waals surface area contributed by atoms with E-state index in [1.54, 1.807) is 0 Å². The van der Waals surface area contributed by atoms with Crippen LogP contribution in [0.25, 0.3) is 0 Å². The van der Waals surface area contributed by atoms with Gasteiger partial charge in [0, 0.05) is 5.57 Å². The van der Waals surface area contributed by atoms with Gasteiger partial charge in [-0.1, -0.05) is 6.08 Å². The summed E-state index contributed by atoms with van der Waals surface area (Å²) in [5, 5.41) is 8.95. The summed E-state index contributed by atoms with van der Waals surface area (Å²) < 4.78 is 0. The summed E-state index contributed by atoms with van der Waals surface area (Å²) in [6.45, 7) is 1.50. The second kappa shape index (κ2) is 4.46. The number of hydrogen-bond donors (Lipinski definition) is 1. The fourth-order valence-corrected chi connectivity index (χ4v) is 5.16. The van der Waals surface area contributed by atoms with Gasteiger partial charge in [-0.2, -0.15) is 0 Å². The lowest BCUT2D eigenvalue weighted by atomic mass is 9.49. The van der Waals surface area contributed by atoms with Gasteiger partial charge in [-0.25, -0.2) is 0 Å². The molecule has 0 aliphatic heterocycles. The molecule has 0 unspecified atom stereocenters. The molecule has 0 aromatic heterocycles. The van der Waals surface area contributed by atoms with Gasteiger partial charge in [0.05, 0.1) is 6.42 Å². The molecule has 4 bridgehead atoms. The molecule has 3 heteroatoms. The Morgan fingerprint density at radius 3 is 1.95 bits per heavy atom. The van der Waals surface area contributed by atoms with E-state index in [0.29, 0.717) is 5.57 Å². The Bertz CT molecular complexity index is 412. The average molecular weight is 262 g/mol. The molecule has 1 N–H and O–H groups in total. The number of carbonyl (C=O) groups excluding carboxylic acids is 1. The molecule has 4 fully saturated rings. The molecule has 104 valence electrons. The zero-order chi connectivity index (χ0) is 13.6. The lowest BCUT2D eigenvalue weighted by molar-refractivity contribution is -0.137. The normalized spacial score (nSPS) is 40.5. The van der Waals surface area contributed by atoms with Gasteiger partial charge in [-0.3, -0.25) is 9.59 Å². The first-order valence-electron chi connectivity index (χ1n) is 7.40. The third kappa shape index (κ3) is 2.47. The van der Waals surface area contributed by atoms with Crippen molar-refractivity contribution in [3.63, 3.8) is 0 Å². The monoisotopic (exact) mass is 262 g/mol. The Balaban J connectivity index is 1.87. The Morgan fingerprint density at radius 2 is 1.58 bits per heavy atom. The van der Waals surface area contributed by atoms with Gasteiger partial charge >= 0.3 is 5.97 Å². The molecule has 0 atom stereocenters. The van der Waals surface area contributed by atoms with Crippen LogP contribution in [0.4, 0.5) is 0 Å². The van der Waals surface area contributed by atoms with Crippen LogP contribution in [0.2, 0.25) is 0 Å². The predicted octanol–water partition coefficient (Wildman–Crippen LogP) is 3.19. The average Bonchev–Trinajstić information content (AvgIpc) is 2.24. The van der Waals surface area contributed by atoms with Crippen molar-refractivity contribution in [3.05, 3.63) is 11.6 Å². The Labute approximate surface area is 114 Å². The number of allylic oxidation sites excluding steroid dienone is 1. The van der Waals surface area contributed by atoms with E-state index in [1.807, 2.05) is 0 Å². The van der Waals surface area contributed by atoms with Crippen LogP contribution < -0.4 is 0 Å². The van der Waals surface area contributed by atoms with Crippen molar-refractivity contribution in [2.24, 2.45) is 23.2 Å². The minimum absolute atomic E-state index is 0.0712. The number of carboxylic acid groups (broad SMARTS) is 1. The molecule has 0 saturated heterocycles. The quantitative estimate of drug-likeness (QED) is 0.792. The second-order valence-corrected chi connectivity index (χ2v) is 7.08. The SMILES string of the molecule is CC(=O)/C(=C/C12CC3CC(CC(C3)C1)C2)CC(=O)O. The van der Waals surface area contributed by atoms with Gasteiger partial charge in [0.25, 0.3) is 0 Å². The molecule has 0 radical (unpaired) electrons. The van der Waals surface area contributed by atoms with E-state index in [-0.39, 0.29) is 17.6 Å². The number of ketones is 1. The van der Waals surface area contributed by atoms with Crippen molar-refractivity contribution in [2.45, 2.75) is 51.9 Å². The van der Waals surface area contributed by atoms with Crippen LogP contribution in [0.5, 0.6) is 0 Å². The number of carbonyl (C=O) groups is 2. The highest BCUT2D eigenvalue weighted by atomic mass is 16.4. The summed E-state index contributed by atoms with van der Waals surface area (Å²) in [5.41, 5.74) is 0.667. The van der Waals surface area contributed by atoms with Gasteiger partial charge in [-0.15, -0.1) is 0 Å². The van der Waals surface area contributed by atoms with Crippen LogP contribution in [-0.2, 0) is 9.59 Å². The molecule has 19 heavy (non-hydrogen) atoms. The van der Waals surface area contributed by atoms with Crippen molar-refractivity contribution in [1.29, 1.82) is 0 Å². The Morgan fingerprint density at radius 1 is 1.11 bits per heavy atom. The van der Waals surface area contributed by atoms with E-state index in [0.717, 1.165) is 17.8 Å². The summed E-state index contributed by atoms with van der Waals surface area (Å²) in [6, 6.07) is 0. The number of aliphatic carboxylic acids is 1. The molecule has 0 aromatic carbocycles. The lowest BCUT2D eigenvalue weighted by Gasteiger charge is -2.56. The minimum atomic E-state index is -0.897. The van der Waals surface area contributed by atoms with Crippen LogP contribution >= 0.6 is 0 Å². The first kappa shape index (κ1) is 12.9. The summed E-state index contributed by atoms with van der Waals surface area (Å²) in [5.74, 6) is 1.49. The maximum Gasteiger partial charge on any atom is 0.307 e. The topological polar surface area (TPSA) is 54.4 Å². The largest absolute Gasteiger partial charge is 0.481 e. The predicted molar refractivity (Wildman–Crippen MR) is 71.6 cm³/mol. The molecule has 0 aromatic rings. The van der Waals surface area contributed by atoms with Crippen molar-refractivity contribution >= 4 is 11.8 Å². The standard InChI is InChI=1S/C16H22O3/c1-10(17)14(5-15(18)19)9-16-6-11-2-12(7-16)4-13(3-11)8-16/h9,11-13H,2-8H2,1H3,(H,18,19)/b14-9+. The molecule has 4 aliphatic carbocycles. The first-order chi connectivity index (χ1) is 8.96. The smallest absolute Gasteiger partial charge is 0.307 e. The third-order valence-electron chi connectivity index (χ3n) is 5.36. The highest BCUT2D eigenvalue weighted by Gasteiger charge is 2.49. The molecule has 0 spiro atoms. The zero-order valence-corrected chi connectivity index (χ0v) is 11.5. The molecule has 0 amide bonds. The fourth-order valence-electron chi connectivity index (χ4n) is 5.16. The Hall–Kier alpha value is -1.12. The minimum Gasteiger partial charge on any atom is -0.481 e. The van der Waals surface area contributed by atoms with E-state index >= 15 is 0 Å². The van der Waals surface area contributed by atoms with Crippen LogP contribution in [0.15, 0.2) is 11.6 Å². The van der Waals surface area contributed by atoms with Gasteiger partial charge < -0.3 is 5.11 Å². The molecule has 4 saturated carbocycles. The van der Waals surface area contributed by atoms with Crippen LogP contribution in [0.3, 0.4) is 0 Å². The number of Topliss-reactive ketones (excluding diaryl/α,β-unsaturated/α-hetero) is 1. The molecule has 3 nitrogen and oxygen atoms in total. The number of rotatable bonds is 4. The molecule has 4 rings (SSSR count). The number of hydrogen-bond acceptors (Lipinski definition) is 2. The van der Waals surface area contributed by atoms with Gasteiger partial charge in [0.2, 0.25) is 0 Å². The highest BCUT2D eigenvalue weighted by molar-refractivity contribution is 5.97. The maximum absolute atomic E-state index is 11.7. The van der Waals surface area contributed by atoms with Gasteiger partial charge in [-0.05, 0) is 68.6 Å². The van der Waals surface area contributed by atoms with E-state index < -0.39 is 5.97 Å². The second-order valence-electron chi connectivity index (χ2n) is 7.08. The zero-order valence-electron chi connectivity index (χ0n) is 11.5. The van der Waals surface area contributed by atoms with E-state index in [4.69, 9.17) is 5.11 Å². The first-order valence-corrected chi connectivity index (χ1v) is 7.40. The summed E-state index contributed by atoms with van der Waals surface area (Å²) in [6.07, 6.45) is 9.56. The summed E-state index contributed by atoms with van der Waals surface area (Å²) >= 11 is 0. The molecule has 4 aliphatic rings. The number of carboxylic acids is 1. The molecular weight excluding hydrogens is 240 g/mol. The highest BCUT2D eigenvalue weighted by Crippen LogP contribution is 2.60. The summed E-state index contributed by atoms with van der Waals surface area (Å²) in [7, 11) is 0. The van der Waals surface area contributed by atoms with Crippen LogP contribution in [0.1, 0.15) is 51.9 Å². The van der Waals surface area contributed by atoms with Gasteiger partial charge in [0.15, 0.2) is 5.78 Å². The van der Waals surface area contributed by atoms with Crippen molar-refractivity contribution in [2.75, 3.05) is 0 Å². The van der Waals surface area contributed by atoms with Crippen molar-refractivity contribution in [3.8, 4) is 0 Å². The van der Waals surface area contributed by atoms with Crippen molar-refractivity contribution < 1.29 is 14.7 Å². The van der Waals surface area contributed by atoms with Crippen LogP contribution in [0, 0.1) is 23.2 Å². The maximum atomic E-state index is 11.7. The Kier molecular flexibility index (Phi) is 3.03. The fraction of sp³-hybridized carbons (Fsp3) is 0.750. The van der Waals surface area contributed by atoms with E-state index in [1.165, 1.54) is 45.4 Å². The van der Waals surface area contributed by atoms with Crippen LogP contribution in [-0.4, -0.2) is 16.9 Å². The van der Waals surface area contributed by atoms with E-state index in [9.17, 15) is 9.59 Å². The van der Waals surface area contributed by atoms with E-state index in [2.05, 4.69) is 6.08 Å².